The summed E-state index contributed by atoms with van der Waals surface area (Å²) in [5.74, 6) is 0. The Morgan fingerprint density at radius 1 is 0.844 bits per heavy atom. The number of hydrogen-bond donors (Lipinski definition) is 0. The number of aromatic nitrogens is 3. The molecule has 1 radical (unpaired) electrons. The van der Waals surface area contributed by atoms with Crippen LogP contribution in [-0.2, 0) is 31.9 Å². The molecule has 0 atom stereocenters. The van der Waals surface area contributed by atoms with E-state index in [4.69, 9.17) is 14.4 Å². The third-order valence-corrected chi connectivity index (χ3v) is 8.95. The smallest absolute Gasteiger partial charge is 0.122 e. The van der Waals surface area contributed by atoms with Crippen LogP contribution in [0, 0.1) is 24.5 Å². The van der Waals surface area contributed by atoms with Crippen LogP contribution in [0.25, 0.3) is 54.7 Å². The van der Waals surface area contributed by atoms with E-state index >= 15 is 0 Å². The summed E-state index contributed by atoms with van der Waals surface area (Å²) in [5, 5.41) is 3.38. The normalized spacial score (nSPS) is 11.8. The van der Waals surface area contributed by atoms with Gasteiger partial charge in [-0.2, -0.15) is 0 Å². The minimum atomic E-state index is 0. The molecule has 0 saturated heterocycles. The van der Waals surface area contributed by atoms with Crippen molar-refractivity contribution in [3.05, 3.63) is 113 Å². The Bertz CT molecular complexity index is 2030. The van der Waals surface area contributed by atoms with Crippen molar-refractivity contribution in [1.29, 1.82) is 0 Å². The van der Waals surface area contributed by atoms with Crippen molar-refractivity contribution in [1.82, 2.24) is 15.0 Å². The van der Waals surface area contributed by atoms with Gasteiger partial charge in [0.1, 0.15) is 5.58 Å². The summed E-state index contributed by atoms with van der Waals surface area (Å²) in [6, 6.07) is 30.6. The Morgan fingerprint density at radius 2 is 1.64 bits per heavy atom. The minimum Gasteiger partial charge on any atom is -0.501 e. The summed E-state index contributed by atoms with van der Waals surface area (Å²) in [6.07, 6.45) is 4.76. The molecule has 3 aromatic carbocycles. The van der Waals surface area contributed by atoms with Crippen LogP contribution in [0.5, 0.6) is 0 Å². The van der Waals surface area contributed by atoms with E-state index in [0.29, 0.717) is 0 Å². The molecular weight excluding hydrogens is 751 g/mol. The van der Waals surface area contributed by atoms with E-state index in [2.05, 4.69) is 83.8 Å². The largest absolute Gasteiger partial charge is 0.501 e. The second-order valence-corrected chi connectivity index (χ2v) is 14.5. The summed E-state index contributed by atoms with van der Waals surface area (Å²) in [4.78, 5) is 13.9. The van der Waals surface area contributed by atoms with Gasteiger partial charge in [0.15, 0.2) is 0 Å². The number of fused-ring (bicyclic) bond motifs is 5. The molecular formula is C39H37IrN3OS-2. The van der Waals surface area contributed by atoms with Crippen LogP contribution in [-0.4, -0.2) is 15.0 Å². The van der Waals surface area contributed by atoms with E-state index in [-0.39, 0.29) is 30.9 Å². The number of hydrogen-bond acceptors (Lipinski definition) is 5. The number of rotatable bonds is 3. The number of benzene rings is 3. The van der Waals surface area contributed by atoms with Gasteiger partial charge in [0, 0.05) is 43.3 Å². The van der Waals surface area contributed by atoms with Crippen molar-refractivity contribution in [3.8, 4) is 22.5 Å². The van der Waals surface area contributed by atoms with E-state index in [9.17, 15) is 0 Å². The molecule has 4 nitrogen and oxygen atoms in total. The second kappa shape index (κ2) is 13.0. The third-order valence-electron chi connectivity index (χ3n) is 7.43. The Balaban J connectivity index is 0.000000258. The Hall–Kier alpha value is -3.70. The molecule has 0 spiro atoms. The van der Waals surface area contributed by atoms with Crippen LogP contribution >= 0.6 is 11.3 Å². The molecule has 231 valence electrons. The number of pyridine rings is 2. The van der Waals surface area contributed by atoms with Gasteiger partial charge >= 0.3 is 0 Å². The first-order valence-corrected chi connectivity index (χ1v) is 15.8. The van der Waals surface area contributed by atoms with Crippen LogP contribution in [0.1, 0.15) is 57.7 Å². The zero-order valence-electron chi connectivity index (χ0n) is 26.8. The van der Waals surface area contributed by atoms with E-state index in [1.165, 1.54) is 15.8 Å². The van der Waals surface area contributed by atoms with E-state index in [1.54, 1.807) is 17.5 Å². The fourth-order valence-corrected chi connectivity index (χ4v) is 6.44. The fraction of sp³-hybridized carbons (Fsp3) is 0.256. The van der Waals surface area contributed by atoms with Crippen molar-refractivity contribution in [3.63, 3.8) is 0 Å². The van der Waals surface area contributed by atoms with Gasteiger partial charge in [-0.1, -0.05) is 76.3 Å². The number of nitrogens with zero attached hydrogens (tertiary/aromatic N) is 3. The number of thiazole rings is 1. The zero-order valence-corrected chi connectivity index (χ0v) is 30.0. The average molecular weight is 788 g/mol. The molecule has 0 saturated carbocycles. The number of furan rings is 1. The average Bonchev–Trinajstić information content (AvgIpc) is 3.61. The van der Waals surface area contributed by atoms with Crippen LogP contribution in [0.3, 0.4) is 0 Å². The molecule has 0 aliphatic carbocycles. The molecule has 0 bridgehead atoms. The SMILES string of the molecule is Cc1cnc(-c2[c-]ccc3c2oc2ccc4nc(C(C)(C)C)sc4c23)cc1CC(C)(C)C.[Ir].[c-]1ccccc1-c1ccccn1. The van der Waals surface area contributed by atoms with Crippen LogP contribution in [0.2, 0.25) is 0 Å². The van der Waals surface area contributed by atoms with Gasteiger partial charge in [0.2, 0.25) is 0 Å². The second-order valence-electron chi connectivity index (χ2n) is 13.5. The van der Waals surface area contributed by atoms with Crippen LogP contribution in [0.15, 0.2) is 89.6 Å². The van der Waals surface area contributed by atoms with Gasteiger partial charge in [0.25, 0.3) is 0 Å². The van der Waals surface area contributed by atoms with Crippen molar-refractivity contribution < 1.29 is 24.5 Å². The van der Waals surface area contributed by atoms with Gasteiger partial charge in [-0.05, 0) is 53.9 Å². The van der Waals surface area contributed by atoms with Crippen molar-refractivity contribution in [2.45, 2.75) is 60.3 Å². The van der Waals surface area contributed by atoms with Gasteiger partial charge < -0.3 is 14.4 Å². The minimum absolute atomic E-state index is 0. The maximum absolute atomic E-state index is 6.42. The summed E-state index contributed by atoms with van der Waals surface area (Å²) >= 11 is 1.77. The first-order valence-electron chi connectivity index (χ1n) is 15.0. The van der Waals surface area contributed by atoms with Crippen LogP contribution < -0.4 is 0 Å². The predicted octanol–water partition coefficient (Wildman–Crippen LogP) is 10.8. The molecule has 7 rings (SSSR count). The maximum Gasteiger partial charge on any atom is 0.122 e. The summed E-state index contributed by atoms with van der Waals surface area (Å²) in [5.41, 5.74) is 9.38. The van der Waals surface area contributed by atoms with Gasteiger partial charge in [-0.15, -0.1) is 65.4 Å². The molecule has 0 aliphatic heterocycles. The Kier molecular flexibility index (Phi) is 9.41. The van der Waals surface area contributed by atoms with Crippen LogP contribution in [0.4, 0.5) is 0 Å². The standard InChI is InChI=1S/C28H29N2OS.C11H8N.Ir/c1-16-15-29-21(13-17(16)14-27(2,3)4)18-9-8-10-19-23-22(31-24(18)19)12-11-20-25(23)32-26(30-20)28(5,6)7;1-2-6-10(7-3-1)11-8-4-5-9-12-11;/h8,10-13,15H,14H2,1-7H3;1-6,8-9H;/q2*-1;. The molecule has 7 aromatic rings. The molecule has 0 aliphatic rings. The molecule has 0 unspecified atom stereocenters. The zero-order chi connectivity index (χ0) is 31.1. The third kappa shape index (κ3) is 7.09. The molecule has 4 aromatic heterocycles. The summed E-state index contributed by atoms with van der Waals surface area (Å²) in [6.45, 7) is 15.6. The van der Waals surface area contributed by atoms with E-state index in [0.717, 1.165) is 61.4 Å². The monoisotopic (exact) mass is 788 g/mol. The predicted molar refractivity (Wildman–Crippen MR) is 184 cm³/mol. The first kappa shape index (κ1) is 32.7. The Labute approximate surface area is 283 Å². The maximum atomic E-state index is 6.42. The quantitative estimate of drug-likeness (QED) is 0.167. The van der Waals surface area contributed by atoms with Crippen molar-refractivity contribution in [2.75, 3.05) is 0 Å². The van der Waals surface area contributed by atoms with E-state index in [1.807, 2.05) is 60.8 Å². The molecule has 0 N–H and O–H groups in total. The molecule has 0 fully saturated rings. The van der Waals surface area contributed by atoms with Gasteiger partial charge in [-0.25, -0.2) is 4.98 Å². The summed E-state index contributed by atoms with van der Waals surface area (Å²) in [7, 11) is 0. The molecule has 0 amide bonds. The summed E-state index contributed by atoms with van der Waals surface area (Å²) < 4.78 is 7.61. The van der Waals surface area contributed by atoms with Crippen molar-refractivity contribution in [2.24, 2.45) is 5.41 Å². The van der Waals surface area contributed by atoms with Crippen molar-refractivity contribution >= 4 is 43.5 Å². The molecule has 45 heavy (non-hydrogen) atoms. The van der Waals surface area contributed by atoms with Gasteiger partial charge in [-0.3, -0.25) is 0 Å². The topological polar surface area (TPSA) is 51.8 Å². The fourth-order valence-electron chi connectivity index (χ4n) is 5.26. The first-order chi connectivity index (χ1) is 21.0. The molecule has 6 heteroatoms. The van der Waals surface area contributed by atoms with E-state index < -0.39 is 0 Å². The molecule has 4 heterocycles. The Morgan fingerprint density at radius 3 is 2.33 bits per heavy atom. The number of aryl methyl sites for hydroxylation is 1. The van der Waals surface area contributed by atoms with Gasteiger partial charge in [0.05, 0.1) is 20.8 Å².